The van der Waals surface area contributed by atoms with Crippen LogP contribution in [0.15, 0.2) is 35.2 Å². The quantitative estimate of drug-likeness (QED) is 0.779. The molecule has 1 aliphatic heterocycles. The molecule has 0 N–H and O–H groups in total. The van der Waals surface area contributed by atoms with Crippen LogP contribution in [0, 0.1) is 0 Å². The van der Waals surface area contributed by atoms with Gasteiger partial charge in [-0.05, 0) is 19.1 Å². The topological polar surface area (TPSA) is 46.6 Å². The molecule has 88 valence electrons. The predicted octanol–water partition coefficient (Wildman–Crippen LogP) is 1.10. The first-order valence-electron chi connectivity index (χ1n) is 5.27. The van der Waals surface area contributed by atoms with Crippen LogP contribution < -0.4 is 0 Å². The zero-order valence-electron chi connectivity index (χ0n) is 9.17. The molecule has 1 heterocycles. The standard InChI is InChI=1S/C11H15NO3S/c1-10-9-15-8-7-12(10)16(13,14)11-5-3-2-4-6-11/h2-6,10H,7-9H2,1H3. The second-order valence-corrected chi connectivity index (χ2v) is 5.74. The van der Waals surface area contributed by atoms with Crippen LogP contribution in [0.25, 0.3) is 0 Å². The molecule has 0 aliphatic carbocycles. The maximum absolute atomic E-state index is 12.3. The molecule has 0 spiro atoms. The summed E-state index contributed by atoms with van der Waals surface area (Å²) < 4.78 is 31.3. The second kappa shape index (κ2) is 4.53. The lowest BCUT2D eigenvalue weighted by Gasteiger charge is -2.32. The van der Waals surface area contributed by atoms with Crippen molar-refractivity contribution >= 4 is 10.0 Å². The van der Waals surface area contributed by atoms with Crippen molar-refractivity contribution in [1.82, 2.24) is 4.31 Å². The van der Waals surface area contributed by atoms with Gasteiger partial charge in [0.05, 0.1) is 18.1 Å². The molecule has 4 nitrogen and oxygen atoms in total. The molecular weight excluding hydrogens is 226 g/mol. The fraction of sp³-hybridized carbons (Fsp3) is 0.455. The summed E-state index contributed by atoms with van der Waals surface area (Å²) in [5.74, 6) is 0. The summed E-state index contributed by atoms with van der Waals surface area (Å²) in [5, 5.41) is 0. The third-order valence-electron chi connectivity index (χ3n) is 2.66. The molecular formula is C11H15NO3S. The van der Waals surface area contributed by atoms with Crippen molar-refractivity contribution < 1.29 is 13.2 Å². The SMILES string of the molecule is CC1COCCN1S(=O)(=O)c1ccccc1. The van der Waals surface area contributed by atoms with E-state index in [4.69, 9.17) is 4.74 Å². The highest BCUT2D eigenvalue weighted by Gasteiger charge is 2.31. The molecule has 0 saturated carbocycles. The number of sulfonamides is 1. The zero-order chi connectivity index (χ0) is 11.6. The van der Waals surface area contributed by atoms with Crippen molar-refractivity contribution in [3.8, 4) is 0 Å². The fourth-order valence-corrected chi connectivity index (χ4v) is 3.42. The Morgan fingerprint density at radius 3 is 2.62 bits per heavy atom. The van der Waals surface area contributed by atoms with Crippen molar-refractivity contribution in [2.24, 2.45) is 0 Å². The van der Waals surface area contributed by atoms with Crippen LogP contribution in [-0.4, -0.2) is 38.5 Å². The maximum Gasteiger partial charge on any atom is 0.243 e. The zero-order valence-corrected chi connectivity index (χ0v) is 9.98. The summed E-state index contributed by atoms with van der Waals surface area (Å²) in [4.78, 5) is 0.351. The Bertz CT molecular complexity index is 444. The van der Waals surface area contributed by atoms with Crippen LogP contribution in [-0.2, 0) is 14.8 Å². The van der Waals surface area contributed by atoms with E-state index in [-0.39, 0.29) is 6.04 Å². The summed E-state index contributed by atoms with van der Waals surface area (Å²) in [6.45, 7) is 3.22. The molecule has 2 rings (SSSR count). The van der Waals surface area contributed by atoms with Gasteiger partial charge in [-0.1, -0.05) is 18.2 Å². The first-order chi connectivity index (χ1) is 7.62. The van der Waals surface area contributed by atoms with Gasteiger partial charge >= 0.3 is 0 Å². The second-order valence-electron chi connectivity index (χ2n) is 3.85. The van der Waals surface area contributed by atoms with E-state index in [1.54, 1.807) is 24.3 Å². The average Bonchev–Trinajstić information content (AvgIpc) is 2.30. The van der Waals surface area contributed by atoms with Gasteiger partial charge in [0.1, 0.15) is 0 Å². The number of benzene rings is 1. The Labute approximate surface area is 95.9 Å². The summed E-state index contributed by atoms with van der Waals surface area (Å²) in [5.41, 5.74) is 0. The first-order valence-corrected chi connectivity index (χ1v) is 6.71. The van der Waals surface area contributed by atoms with Crippen molar-refractivity contribution in [2.75, 3.05) is 19.8 Å². The van der Waals surface area contributed by atoms with E-state index in [1.807, 2.05) is 13.0 Å². The van der Waals surface area contributed by atoms with E-state index in [0.29, 0.717) is 24.7 Å². The molecule has 1 aliphatic rings. The van der Waals surface area contributed by atoms with E-state index in [1.165, 1.54) is 4.31 Å². The van der Waals surface area contributed by atoms with Crippen LogP contribution in [0.3, 0.4) is 0 Å². The van der Waals surface area contributed by atoms with Gasteiger partial charge < -0.3 is 4.74 Å². The van der Waals surface area contributed by atoms with Crippen molar-refractivity contribution in [3.05, 3.63) is 30.3 Å². The Morgan fingerprint density at radius 1 is 1.31 bits per heavy atom. The van der Waals surface area contributed by atoms with E-state index < -0.39 is 10.0 Å². The highest BCUT2D eigenvalue weighted by Crippen LogP contribution is 2.19. The van der Waals surface area contributed by atoms with E-state index in [0.717, 1.165) is 0 Å². The highest BCUT2D eigenvalue weighted by molar-refractivity contribution is 7.89. The number of rotatable bonds is 2. The molecule has 16 heavy (non-hydrogen) atoms. The molecule has 1 saturated heterocycles. The summed E-state index contributed by atoms with van der Waals surface area (Å²) in [6, 6.07) is 8.42. The summed E-state index contributed by atoms with van der Waals surface area (Å²) in [7, 11) is -3.36. The normalized spacial score (nSPS) is 23.2. The van der Waals surface area contributed by atoms with Gasteiger partial charge in [-0.3, -0.25) is 0 Å². The number of ether oxygens (including phenoxy) is 1. The lowest BCUT2D eigenvalue weighted by atomic mass is 10.3. The van der Waals surface area contributed by atoms with Crippen LogP contribution in [0.2, 0.25) is 0 Å². The molecule has 0 radical (unpaired) electrons. The van der Waals surface area contributed by atoms with Gasteiger partial charge in [0.2, 0.25) is 10.0 Å². The minimum atomic E-state index is -3.36. The van der Waals surface area contributed by atoms with Gasteiger partial charge in [0.25, 0.3) is 0 Å². The fourth-order valence-electron chi connectivity index (χ4n) is 1.80. The monoisotopic (exact) mass is 241 g/mol. The summed E-state index contributed by atoms with van der Waals surface area (Å²) >= 11 is 0. The van der Waals surface area contributed by atoms with Gasteiger partial charge in [-0.15, -0.1) is 0 Å². The Kier molecular flexibility index (Phi) is 3.28. The third-order valence-corrected chi connectivity index (χ3v) is 4.68. The van der Waals surface area contributed by atoms with Crippen molar-refractivity contribution in [1.29, 1.82) is 0 Å². The first kappa shape index (κ1) is 11.6. The number of morpholine rings is 1. The van der Waals surface area contributed by atoms with Crippen LogP contribution in [0.4, 0.5) is 0 Å². The van der Waals surface area contributed by atoms with Gasteiger partial charge in [0, 0.05) is 12.6 Å². The summed E-state index contributed by atoms with van der Waals surface area (Å²) in [6.07, 6.45) is 0. The molecule has 1 atom stereocenters. The van der Waals surface area contributed by atoms with Gasteiger partial charge in [-0.2, -0.15) is 4.31 Å². The van der Waals surface area contributed by atoms with Gasteiger partial charge in [-0.25, -0.2) is 8.42 Å². The average molecular weight is 241 g/mol. The Hall–Kier alpha value is -0.910. The highest BCUT2D eigenvalue weighted by atomic mass is 32.2. The maximum atomic E-state index is 12.3. The largest absolute Gasteiger partial charge is 0.378 e. The minimum Gasteiger partial charge on any atom is -0.378 e. The van der Waals surface area contributed by atoms with Crippen molar-refractivity contribution in [2.45, 2.75) is 17.9 Å². The molecule has 0 aromatic heterocycles. The lowest BCUT2D eigenvalue weighted by molar-refractivity contribution is 0.0393. The Balaban J connectivity index is 2.32. The molecule has 1 aromatic carbocycles. The molecule has 0 amide bonds. The van der Waals surface area contributed by atoms with E-state index in [9.17, 15) is 8.42 Å². The molecule has 1 unspecified atom stereocenters. The minimum absolute atomic E-state index is 0.0982. The molecule has 5 heteroatoms. The number of hydrogen-bond acceptors (Lipinski definition) is 3. The van der Waals surface area contributed by atoms with Crippen LogP contribution in [0.1, 0.15) is 6.92 Å². The Morgan fingerprint density at radius 2 is 2.00 bits per heavy atom. The van der Waals surface area contributed by atoms with Crippen LogP contribution in [0.5, 0.6) is 0 Å². The molecule has 1 aromatic rings. The molecule has 1 fully saturated rings. The van der Waals surface area contributed by atoms with Crippen molar-refractivity contribution in [3.63, 3.8) is 0 Å². The molecule has 0 bridgehead atoms. The van der Waals surface area contributed by atoms with E-state index in [2.05, 4.69) is 0 Å². The number of nitrogens with zero attached hydrogens (tertiary/aromatic N) is 1. The third kappa shape index (κ3) is 2.11. The smallest absolute Gasteiger partial charge is 0.243 e. The van der Waals surface area contributed by atoms with Crippen LogP contribution >= 0.6 is 0 Å². The number of hydrogen-bond donors (Lipinski definition) is 0. The predicted molar refractivity (Wildman–Crippen MR) is 60.6 cm³/mol. The van der Waals surface area contributed by atoms with E-state index >= 15 is 0 Å². The van der Waals surface area contributed by atoms with Gasteiger partial charge in [0.15, 0.2) is 0 Å². The lowest BCUT2D eigenvalue weighted by Crippen LogP contribution is -2.46.